The number of hydrogen-bond acceptors (Lipinski definition) is 4. The smallest absolute Gasteiger partial charge is 0.137 e. The number of aryl methyl sites for hydroxylation is 1. The summed E-state index contributed by atoms with van der Waals surface area (Å²) in [6, 6.07) is 14.0. The number of hydrogen-bond donors (Lipinski definition) is 3. The molecule has 0 aliphatic carbocycles. The van der Waals surface area contributed by atoms with Crippen molar-refractivity contribution < 1.29 is 14.9 Å². The molecule has 2 rings (SSSR count). The molecule has 0 saturated carbocycles. The Morgan fingerprint density at radius 2 is 1.75 bits per heavy atom. The van der Waals surface area contributed by atoms with Crippen LogP contribution in [0.5, 0.6) is 5.75 Å². The van der Waals surface area contributed by atoms with Gasteiger partial charge in [0.05, 0.1) is 30.4 Å². The molecule has 0 radical (unpaired) electrons. The van der Waals surface area contributed by atoms with E-state index in [-0.39, 0.29) is 13.2 Å². The zero-order chi connectivity index (χ0) is 20.4. The third kappa shape index (κ3) is 6.78. The van der Waals surface area contributed by atoms with Crippen molar-refractivity contribution in [1.82, 2.24) is 0 Å². The van der Waals surface area contributed by atoms with Gasteiger partial charge < -0.3 is 20.7 Å². The Labute approximate surface area is 173 Å². The lowest BCUT2D eigenvalue weighted by molar-refractivity contribution is 0.115. The Morgan fingerprint density at radius 3 is 2.43 bits per heavy atom. The fourth-order valence-electron chi connectivity index (χ4n) is 3.02. The number of benzene rings is 2. The predicted molar refractivity (Wildman–Crippen MR) is 116 cm³/mol. The van der Waals surface area contributed by atoms with Gasteiger partial charge in [0.1, 0.15) is 5.75 Å². The molecule has 28 heavy (non-hydrogen) atoms. The van der Waals surface area contributed by atoms with Crippen LogP contribution in [0.2, 0.25) is 5.02 Å². The molecule has 154 valence electrons. The molecule has 0 bridgehead atoms. The van der Waals surface area contributed by atoms with Gasteiger partial charge in [0.25, 0.3) is 0 Å². The Kier molecular flexibility index (Phi) is 9.26. The average molecular weight is 406 g/mol. The van der Waals surface area contributed by atoms with Crippen LogP contribution < -0.4 is 10.5 Å². The Hall–Kier alpha value is -1.59. The summed E-state index contributed by atoms with van der Waals surface area (Å²) in [5.74, 6) is 0.719. The number of aliphatic hydroxyl groups is 2. The normalized spacial score (nSPS) is 11.6. The summed E-state index contributed by atoms with van der Waals surface area (Å²) in [6.45, 7) is 2.40. The minimum absolute atomic E-state index is 0.237. The highest BCUT2D eigenvalue weighted by atomic mass is 35.5. The van der Waals surface area contributed by atoms with Crippen LogP contribution in [0.15, 0.2) is 42.5 Å². The maximum Gasteiger partial charge on any atom is 0.137 e. The monoisotopic (exact) mass is 405 g/mol. The second kappa shape index (κ2) is 11.4. The van der Waals surface area contributed by atoms with E-state index >= 15 is 0 Å². The summed E-state index contributed by atoms with van der Waals surface area (Å²) in [5.41, 5.74) is 8.20. The van der Waals surface area contributed by atoms with Gasteiger partial charge in [-0.1, -0.05) is 68.1 Å². The zero-order valence-corrected chi connectivity index (χ0v) is 17.4. The summed E-state index contributed by atoms with van der Waals surface area (Å²) in [4.78, 5) is 0. The number of rotatable bonds is 12. The van der Waals surface area contributed by atoms with Crippen LogP contribution in [0, 0.1) is 0 Å². The van der Waals surface area contributed by atoms with Gasteiger partial charge in [0.15, 0.2) is 0 Å². The van der Waals surface area contributed by atoms with E-state index in [2.05, 4.69) is 13.0 Å². The fraction of sp³-hybridized carbons (Fsp3) is 0.478. The van der Waals surface area contributed by atoms with E-state index < -0.39 is 5.54 Å². The molecule has 0 amide bonds. The third-order valence-electron chi connectivity index (χ3n) is 4.99. The van der Waals surface area contributed by atoms with E-state index in [4.69, 9.17) is 22.1 Å². The average Bonchev–Trinajstić information content (AvgIpc) is 2.73. The maximum absolute atomic E-state index is 9.34. The molecule has 0 spiro atoms. The Morgan fingerprint density at radius 1 is 1.00 bits per heavy atom. The number of ether oxygens (including phenoxy) is 1. The standard InChI is InChI=1S/C23H32ClNO3/c1-2-3-4-5-13-28-22-10-9-20(15-21(22)24)19-8-6-7-18(14-19)11-12-23(25,16-26)17-27/h6-10,14-15,26-27H,2-5,11-13,16-17,25H2,1H3. The van der Waals surface area contributed by atoms with Gasteiger partial charge in [-0.15, -0.1) is 0 Å². The molecular weight excluding hydrogens is 374 g/mol. The van der Waals surface area contributed by atoms with Gasteiger partial charge in [-0.3, -0.25) is 0 Å². The highest BCUT2D eigenvalue weighted by molar-refractivity contribution is 6.32. The van der Waals surface area contributed by atoms with Gasteiger partial charge in [0, 0.05) is 0 Å². The minimum atomic E-state index is -0.949. The second-order valence-corrected chi connectivity index (χ2v) is 7.84. The summed E-state index contributed by atoms with van der Waals surface area (Å²) in [5, 5.41) is 19.3. The molecule has 0 aromatic heterocycles. The van der Waals surface area contributed by atoms with Crippen LogP contribution in [0.1, 0.15) is 44.6 Å². The van der Waals surface area contributed by atoms with Crippen molar-refractivity contribution in [3.8, 4) is 16.9 Å². The molecule has 0 fully saturated rings. The van der Waals surface area contributed by atoms with Crippen molar-refractivity contribution >= 4 is 11.6 Å². The number of aliphatic hydroxyl groups excluding tert-OH is 2. The van der Waals surface area contributed by atoms with E-state index in [0.29, 0.717) is 24.5 Å². The molecule has 0 saturated heterocycles. The van der Waals surface area contributed by atoms with Crippen LogP contribution in [-0.2, 0) is 6.42 Å². The Balaban J connectivity index is 2.02. The van der Waals surface area contributed by atoms with Crippen molar-refractivity contribution in [2.75, 3.05) is 19.8 Å². The van der Waals surface area contributed by atoms with Crippen molar-refractivity contribution in [3.05, 3.63) is 53.1 Å². The first-order valence-electron chi connectivity index (χ1n) is 10.0. The van der Waals surface area contributed by atoms with Gasteiger partial charge in [-0.05, 0) is 48.1 Å². The van der Waals surface area contributed by atoms with Gasteiger partial charge >= 0.3 is 0 Å². The molecule has 0 aliphatic heterocycles. The lowest BCUT2D eigenvalue weighted by Crippen LogP contribution is -2.47. The molecule has 0 unspecified atom stereocenters. The van der Waals surface area contributed by atoms with Crippen molar-refractivity contribution in [1.29, 1.82) is 0 Å². The minimum Gasteiger partial charge on any atom is -0.492 e. The maximum atomic E-state index is 9.34. The summed E-state index contributed by atoms with van der Waals surface area (Å²) in [7, 11) is 0. The van der Waals surface area contributed by atoms with Gasteiger partial charge in [0.2, 0.25) is 0 Å². The van der Waals surface area contributed by atoms with Gasteiger partial charge in [-0.2, -0.15) is 0 Å². The highest BCUT2D eigenvalue weighted by Gasteiger charge is 2.22. The molecule has 0 heterocycles. The fourth-order valence-corrected chi connectivity index (χ4v) is 3.25. The van der Waals surface area contributed by atoms with Crippen molar-refractivity contribution in [2.24, 2.45) is 5.73 Å². The molecule has 0 aliphatic rings. The summed E-state index contributed by atoms with van der Waals surface area (Å²) >= 11 is 6.42. The third-order valence-corrected chi connectivity index (χ3v) is 5.28. The zero-order valence-electron chi connectivity index (χ0n) is 16.7. The first-order chi connectivity index (χ1) is 13.5. The molecule has 5 heteroatoms. The summed E-state index contributed by atoms with van der Waals surface area (Å²) in [6.07, 6.45) is 5.84. The first kappa shape index (κ1) is 22.7. The molecular formula is C23H32ClNO3. The van der Waals surface area contributed by atoms with Crippen LogP contribution in [0.3, 0.4) is 0 Å². The van der Waals surface area contributed by atoms with E-state index in [0.717, 1.165) is 28.9 Å². The van der Waals surface area contributed by atoms with E-state index in [1.807, 2.05) is 36.4 Å². The van der Waals surface area contributed by atoms with Crippen LogP contribution in [-0.4, -0.2) is 35.6 Å². The molecule has 2 aromatic rings. The molecule has 4 nitrogen and oxygen atoms in total. The summed E-state index contributed by atoms with van der Waals surface area (Å²) < 4.78 is 5.81. The van der Waals surface area contributed by atoms with E-state index in [9.17, 15) is 10.2 Å². The topological polar surface area (TPSA) is 75.7 Å². The molecule has 0 atom stereocenters. The molecule has 2 aromatic carbocycles. The quantitative estimate of drug-likeness (QED) is 0.452. The van der Waals surface area contributed by atoms with E-state index in [1.54, 1.807) is 0 Å². The number of halogens is 1. The van der Waals surface area contributed by atoms with E-state index in [1.165, 1.54) is 19.3 Å². The van der Waals surface area contributed by atoms with Crippen LogP contribution in [0.4, 0.5) is 0 Å². The lowest BCUT2D eigenvalue weighted by atomic mass is 9.93. The predicted octanol–water partition coefficient (Wildman–Crippen LogP) is 4.58. The van der Waals surface area contributed by atoms with Crippen LogP contribution in [0.25, 0.3) is 11.1 Å². The van der Waals surface area contributed by atoms with Crippen molar-refractivity contribution in [2.45, 2.75) is 51.0 Å². The number of nitrogens with two attached hydrogens (primary N) is 1. The van der Waals surface area contributed by atoms with Crippen LogP contribution >= 0.6 is 11.6 Å². The van der Waals surface area contributed by atoms with Crippen molar-refractivity contribution in [3.63, 3.8) is 0 Å². The largest absolute Gasteiger partial charge is 0.492 e. The molecule has 4 N–H and O–H groups in total. The number of unbranched alkanes of at least 4 members (excludes halogenated alkanes) is 3. The second-order valence-electron chi connectivity index (χ2n) is 7.43. The van der Waals surface area contributed by atoms with Gasteiger partial charge in [-0.25, -0.2) is 0 Å². The first-order valence-corrected chi connectivity index (χ1v) is 10.4. The Bertz CT molecular complexity index is 732. The SMILES string of the molecule is CCCCCCOc1ccc(-c2cccc(CCC(N)(CO)CO)c2)cc1Cl. The highest BCUT2D eigenvalue weighted by Crippen LogP contribution is 2.31. The lowest BCUT2D eigenvalue weighted by Gasteiger charge is -2.24.